The summed E-state index contributed by atoms with van der Waals surface area (Å²) in [5, 5.41) is 1.60. The second kappa shape index (κ2) is 5.13. The van der Waals surface area contributed by atoms with Crippen LogP contribution < -0.4 is 5.19 Å². The molecule has 0 nitrogen and oxygen atoms in total. The summed E-state index contributed by atoms with van der Waals surface area (Å²) in [5.74, 6) is 0. The first-order valence-electron chi connectivity index (χ1n) is 5.87. The third kappa shape index (κ3) is 2.61. The molecule has 2 aromatic carbocycles. The summed E-state index contributed by atoms with van der Waals surface area (Å²) < 4.78 is 0. The van der Waals surface area contributed by atoms with Crippen LogP contribution in [-0.4, -0.2) is 8.80 Å². The molecular weight excluding hydrogens is 208 g/mol. The van der Waals surface area contributed by atoms with Gasteiger partial charge < -0.3 is 0 Å². The molecule has 0 saturated heterocycles. The molecule has 1 atom stereocenters. The van der Waals surface area contributed by atoms with E-state index in [0.29, 0.717) is 0 Å². The van der Waals surface area contributed by atoms with E-state index in [4.69, 9.17) is 0 Å². The Bertz CT molecular complexity index is 448. The Morgan fingerprint density at radius 2 is 1.50 bits per heavy atom. The lowest BCUT2D eigenvalue weighted by atomic mass is 10.2. The molecule has 0 aliphatic heterocycles. The minimum Gasteiger partial charge on any atom is -0.0678 e. The van der Waals surface area contributed by atoms with Gasteiger partial charge in [0, 0.05) is 0 Å². The Morgan fingerprint density at radius 3 is 2.19 bits per heavy atom. The smallest absolute Gasteiger partial charge is 0.0678 e. The molecule has 2 aromatic rings. The van der Waals surface area contributed by atoms with Crippen LogP contribution in [0.25, 0.3) is 0 Å². The van der Waals surface area contributed by atoms with Gasteiger partial charge in [0.25, 0.3) is 0 Å². The molecule has 0 bridgehead atoms. The highest BCUT2D eigenvalue weighted by atomic mass is 28.3. The third-order valence-corrected chi connectivity index (χ3v) is 5.90. The molecule has 0 saturated carbocycles. The number of aryl methyl sites for hydroxylation is 1. The van der Waals surface area contributed by atoms with E-state index in [0.717, 1.165) is 0 Å². The van der Waals surface area contributed by atoms with E-state index >= 15 is 0 Å². The molecule has 0 N–H and O–H groups in total. The summed E-state index contributed by atoms with van der Waals surface area (Å²) in [6, 6.07) is 20.9. The van der Waals surface area contributed by atoms with E-state index in [1.54, 1.807) is 5.19 Å². The van der Waals surface area contributed by atoms with Gasteiger partial charge >= 0.3 is 0 Å². The molecule has 0 radical (unpaired) electrons. The van der Waals surface area contributed by atoms with E-state index in [1.165, 1.54) is 17.2 Å². The van der Waals surface area contributed by atoms with Crippen LogP contribution in [0.15, 0.2) is 54.6 Å². The van der Waals surface area contributed by atoms with Crippen molar-refractivity contribution in [1.29, 1.82) is 0 Å². The predicted molar refractivity (Wildman–Crippen MR) is 74.0 cm³/mol. The number of hydrogen-bond acceptors (Lipinski definition) is 0. The van der Waals surface area contributed by atoms with Crippen molar-refractivity contribution >= 4 is 14.0 Å². The van der Waals surface area contributed by atoms with Gasteiger partial charge in [-0.3, -0.25) is 0 Å². The van der Waals surface area contributed by atoms with Crippen LogP contribution in [0.1, 0.15) is 11.1 Å². The SMILES string of the molecule is Cc1ccccc1[SiH](C)Cc1ccccc1. The van der Waals surface area contributed by atoms with Crippen molar-refractivity contribution < 1.29 is 0 Å². The molecule has 0 heterocycles. The topological polar surface area (TPSA) is 0 Å². The normalized spacial score (nSPS) is 12.4. The first-order valence-corrected chi connectivity index (χ1v) is 8.41. The van der Waals surface area contributed by atoms with E-state index < -0.39 is 8.80 Å². The lowest BCUT2D eigenvalue weighted by Gasteiger charge is -2.13. The van der Waals surface area contributed by atoms with Crippen molar-refractivity contribution in [2.24, 2.45) is 0 Å². The zero-order valence-electron chi connectivity index (χ0n) is 9.98. The minimum absolute atomic E-state index is 0.826. The molecule has 1 unspecified atom stereocenters. The van der Waals surface area contributed by atoms with Gasteiger partial charge in [0.05, 0.1) is 8.80 Å². The van der Waals surface area contributed by atoms with E-state index in [-0.39, 0.29) is 0 Å². The zero-order chi connectivity index (χ0) is 11.4. The van der Waals surface area contributed by atoms with Crippen LogP contribution in [-0.2, 0) is 6.04 Å². The van der Waals surface area contributed by atoms with Crippen LogP contribution in [0.3, 0.4) is 0 Å². The van der Waals surface area contributed by atoms with Crippen molar-refractivity contribution in [2.75, 3.05) is 0 Å². The average molecular weight is 226 g/mol. The van der Waals surface area contributed by atoms with E-state index in [9.17, 15) is 0 Å². The van der Waals surface area contributed by atoms with Gasteiger partial charge in [0.2, 0.25) is 0 Å². The van der Waals surface area contributed by atoms with Crippen LogP contribution in [0.4, 0.5) is 0 Å². The van der Waals surface area contributed by atoms with Gasteiger partial charge in [-0.05, 0) is 13.0 Å². The molecule has 0 fully saturated rings. The molecule has 0 spiro atoms. The molecule has 0 aliphatic rings. The molecule has 0 aliphatic carbocycles. The highest BCUT2D eigenvalue weighted by Crippen LogP contribution is 2.04. The second-order valence-electron chi connectivity index (χ2n) is 4.45. The van der Waals surface area contributed by atoms with Crippen LogP contribution >= 0.6 is 0 Å². The van der Waals surface area contributed by atoms with Gasteiger partial charge in [-0.2, -0.15) is 0 Å². The van der Waals surface area contributed by atoms with Crippen molar-refractivity contribution in [2.45, 2.75) is 19.5 Å². The standard InChI is InChI=1S/C15H18Si/c1-13-8-6-7-11-15(13)16(2)12-14-9-4-3-5-10-14/h3-11,16H,12H2,1-2H3. The first-order chi connectivity index (χ1) is 7.77. The average Bonchev–Trinajstić information content (AvgIpc) is 2.31. The highest BCUT2D eigenvalue weighted by molar-refractivity contribution is 6.71. The van der Waals surface area contributed by atoms with Gasteiger partial charge in [-0.25, -0.2) is 0 Å². The Morgan fingerprint density at radius 1 is 0.875 bits per heavy atom. The van der Waals surface area contributed by atoms with Gasteiger partial charge in [-0.1, -0.05) is 77.5 Å². The van der Waals surface area contributed by atoms with Crippen LogP contribution in [0, 0.1) is 6.92 Å². The third-order valence-electron chi connectivity index (χ3n) is 3.10. The van der Waals surface area contributed by atoms with Gasteiger partial charge in [-0.15, -0.1) is 0 Å². The Hall–Kier alpha value is -1.34. The molecule has 16 heavy (non-hydrogen) atoms. The summed E-state index contributed by atoms with van der Waals surface area (Å²) in [4.78, 5) is 0. The number of benzene rings is 2. The molecule has 2 rings (SSSR count). The fourth-order valence-electron chi connectivity index (χ4n) is 2.22. The van der Waals surface area contributed by atoms with Crippen LogP contribution in [0.2, 0.25) is 6.55 Å². The first kappa shape index (κ1) is 11.2. The molecule has 1 heteroatoms. The molecule has 0 aromatic heterocycles. The maximum atomic E-state index is 2.44. The maximum absolute atomic E-state index is 2.44. The number of hydrogen-bond donors (Lipinski definition) is 0. The zero-order valence-corrected chi connectivity index (χ0v) is 11.1. The monoisotopic (exact) mass is 226 g/mol. The Balaban J connectivity index is 2.15. The summed E-state index contributed by atoms with van der Waals surface area (Å²) in [5.41, 5.74) is 2.93. The fourth-order valence-corrected chi connectivity index (χ4v) is 4.73. The van der Waals surface area contributed by atoms with Gasteiger partial charge in [0.15, 0.2) is 0 Å². The molecule has 0 amide bonds. The van der Waals surface area contributed by atoms with E-state index in [1.807, 2.05) is 0 Å². The maximum Gasteiger partial charge on any atom is 0.0724 e. The lowest BCUT2D eigenvalue weighted by molar-refractivity contribution is 1.36. The predicted octanol–water partition coefficient (Wildman–Crippen LogP) is 2.84. The van der Waals surface area contributed by atoms with Crippen molar-refractivity contribution in [3.05, 3.63) is 65.7 Å². The van der Waals surface area contributed by atoms with Crippen molar-refractivity contribution in [3.8, 4) is 0 Å². The Labute approximate surface area is 99.6 Å². The van der Waals surface area contributed by atoms with E-state index in [2.05, 4.69) is 68.1 Å². The summed E-state index contributed by atoms with van der Waals surface area (Å²) in [6.45, 7) is 4.67. The Kier molecular flexibility index (Phi) is 3.57. The summed E-state index contributed by atoms with van der Waals surface area (Å²) in [6.07, 6.45) is 0. The summed E-state index contributed by atoms with van der Waals surface area (Å²) in [7, 11) is -0.826. The molecular formula is C15H18Si. The minimum atomic E-state index is -0.826. The fraction of sp³-hybridized carbons (Fsp3) is 0.200. The van der Waals surface area contributed by atoms with Gasteiger partial charge in [0.1, 0.15) is 0 Å². The lowest BCUT2D eigenvalue weighted by Crippen LogP contribution is -2.31. The highest BCUT2D eigenvalue weighted by Gasteiger charge is 2.09. The second-order valence-corrected chi connectivity index (χ2v) is 7.28. The summed E-state index contributed by atoms with van der Waals surface area (Å²) >= 11 is 0. The quantitative estimate of drug-likeness (QED) is 0.706. The molecule has 82 valence electrons. The van der Waals surface area contributed by atoms with Crippen molar-refractivity contribution in [3.63, 3.8) is 0 Å². The van der Waals surface area contributed by atoms with Crippen LogP contribution in [0.5, 0.6) is 0 Å². The number of rotatable bonds is 3. The van der Waals surface area contributed by atoms with Crippen molar-refractivity contribution in [1.82, 2.24) is 0 Å². The largest absolute Gasteiger partial charge is 0.0724 e.